The van der Waals surface area contributed by atoms with Crippen molar-refractivity contribution in [1.82, 2.24) is 0 Å². The van der Waals surface area contributed by atoms with E-state index < -0.39 is 10.0 Å². The number of para-hydroxylation sites is 1. The molecule has 0 aliphatic carbocycles. The number of aryl methyl sites for hydroxylation is 1. The molecule has 0 N–H and O–H groups in total. The van der Waals surface area contributed by atoms with Gasteiger partial charge in [-0.3, -0.25) is 0 Å². The quantitative estimate of drug-likeness (QED) is 0.638. The van der Waals surface area contributed by atoms with Crippen molar-refractivity contribution in [1.29, 1.82) is 10.5 Å². The minimum atomic E-state index is -0.564. The van der Waals surface area contributed by atoms with Gasteiger partial charge in [0.15, 0.2) is 0 Å². The smallest absolute Gasteiger partial charge is 0.130 e. The summed E-state index contributed by atoms with van der Waals surface area (Å²) < 4.78 is 6.03. The van der Waals surface area contributed by atoms with E-state index in [0.717, 1.165) is 23.8 Å². The van der Waals surface area contributed by atoms with Gasteiger partial charge in [0.1, 0.15) is 23.6 Å². The molecule has 0 radical (unpaired) electrons. The van der Waals surface area contributed by atoms with Crippen molar-refractivity contribution in [2.75, 3.05) is 18.3 Å². The van der Waals surface area contributed by atoms with E-state index in [4.69, 9.17) is 10.00 Å². The largest absolute Gasteiger partial charge is 0.457 e. The fourth-order valence-corrected chi connectivity index (χ4v) is 3.94. The Balaban J connectivity index is 2.12. The predicted octanol–water partition coefficient (Wildman–Crippen LogP) is 5.63. The van der Waals surface area contributed by atoms with Gasteiger partial charge in [-0.2, -0.15) is 10.5 Å². The first-order valence-corrected chi connectivity index (χ1v) is 11.5. The molecule has 4 heteroatoms. The van der Waals surface area contributed by atoms with E-state index in [1.165, 1.54) is 11.3 Å². The molecular weight excluding hydrogens is 340 g/mol. The summed E-state index contributed by atoms with van der Waals surface area (Å²) >= 11 is 0. The molecule has 0 saturated carbocycles. The van der Waals surface area contributed by atoms with Crippen LogP contribution >= 0.6 is 10.0 Å². The zero-order valence-electron chi connectivity index (χ0n) is 16.0. The second-order valence-electron chi connectivity index (χ2n) is 7.12. The number of nitrogens with zero attached hydrogens (tertiary/aromatic N) is 2. The molecule has 2 aromatic carbocycles. The lowest BCUT2D eigenvalue weighted by atomic mass is 10.1. The molecule has 2 aromatic rings. The van der Waals surface area contributed by atoms with Gasteiger partial charge in [0.2, 0.25) is 0 Å². The van der Waals surface area contributed by atoms with Crippen LogP contribution in [0.3, 0.4) is 0 Å². The van der Waals surface area contributed by atoms with Crippen LogP contribution in [0, 0.1) is 22.7 Å². The lowest BCUT2D eigenvalue weighted by Crippen LogP contribution is -2.13. The molecule has 0 fully saturated rings. The topological polar surface area (TPSA) is 56.8 Å². The molecule has 0 aliphatic heterocycles. The molecule has 2 rings (SSSR count). The lowest BCUT2D eigenvalue weighted by molar-refractivity contribution is 0.475. The van der Waals surface area contributed by atoms with Crippen molar-refractivity contribution in [2.45, 2.75) is 31.9 Å². The molecule has 0 saturated heterocycles. The Hall–Kier alpha value is -2.43. The van der Waals surface area contributed by atoms with Crippen LogP contribution in [0.4, 0.5) is 0 Å². The molecule has 0 unspecified atom stereocenters. The first-order valence-electron chi connectivity index (χ1n) is 8.77. The Bertz CT molecular complexity index is 844. The maximum atomic E-state index is 9.18. The highest BCUT2D eigenvalue weighted by Gasteiger charge is 2.16. The van der Waals surface area contributed by atoms with E-state index in [2.05, 4.69) is 32.4 Å². The molecule has 0 bridgehead atoms. The van der Waals surface area contributed by atoms with E-state index >= 15 is 0 Å². The summed E-state index contributed by atoms with van der Waals surface area (Å²) in [6.07, 6.45) is 6.92. The van der Waals surface area contributed by atoms with Gasteiger partial charge in [0.05, 0.1) is 11.1 Å². The number of rotatable bonds is 7. The number of nitriles is 2. The molecular formula is C22H26N2OS. The fraction of sp³-hybridized carbons (Fsp3) is 0.364. The molecule has 0 heterocycles. The minimum absolute atomic E-state index is 0.338. The van der Waals surface area contributed by atoms with Gasteiger partial charge in [-0.15, -0.1) is 0 Å². The molecule has 0 atom stereocenters. The maximum Gasteiger partial charge on any atom is 0.130 e. The van der Waals surface area contributed by atoms with Gasteiger partial charge in [0.25, 0.3) is 0 Å². The Morgan fingerprint density at radius 3 is 2.35 bits per heavy atom. The van der Waals surface area contributed by atoms with Crippen molar-refractivity contribution < 1.29 is 4.74 Å². The van der Waals surface area contributed by atoms with Gasteiger partial charge < -0.3 is 4.74 Å². The van der Waals surface area contributed by atoms with Gasteiger partial charge >= 0.3 is 0 Å². The first kappa shape index (κ1) is 19.9. The number of hydrogen-bond acceptors (Lipinski definition) is 3. The third-order valence-corrected chi connectivity index (χ3v) is 8.72. The van der Waals surface area contributed by atoms with Gasteiger partial charge in [-0.05, 0) is 66.2 Å². The van der Waals surface area contributed by atoms with Crippen molar-refractivity contribution in [3.05, 3.63) is 59.2 Å². The SMILES string of the molecule is CC(C)S(C)(C)CCCc1ccccc1Oc1ccc(C#N)c(C#N)c1. The highest BCUT2D eigenvalue weighted by atomic mass is 32.3. The second-order valence-corrected chi connectivity index (χ2v) is 11.7. The average Bonchev–Trinajstić information content (AvgIpc) is 2.62. The monoisotopic (exact) mass is 366 g/mol. The summed E-state index contributed by atoms with van der Waals surface area (Å²) in [5.41, 5.74) is 1.88. The van der Waals surface area contributed by atoms with Crippen LogP contribution in [0.5, 0.6) is 11.5 Å². The van der Waals surface area contributed by atoms with Gasteiger partial charge in [-0.25, -0.2) is 10.0 Å². The molecule has 136 valence electrons. The summed E-state index contributed by atoms with van der Waals surface area (Å²) in [7, 11) is -0.564. The van der Waals surface area contributed by atoms with Crippen LogP contribution in [0.2, 0.25) is 0 Å². The highest BCUT2D eigenvalue weighted by Crippen LogP contribution is 2.45. The van der Waals surface area contributed by atoms with Gasteiger partial charge in [-0.1, -0.05) is 32.0 Å². The van der Waals surface area contributed by atoms with E-state index in [1.54, 1.807) is 18.2 Å². The number of benzene rings is 2. The average molecular weight is 367 g/mol. The molecule has 0 aromatic heterocycles. The first-order chi connectivity index (χ1) is 12.4. The van der Waals surface area contributed by atoms with Crippen LogP contribution in [0.1, 0.15) is 37.0 Å². The standard InChI is InChI=1S/C22H26N2OS/c1-17(2)26(3,4)13-7-9-18-8-5-6-10-22(18)25-21-12-11-19(15-23)20(14-21)16-24/h5-6,8,10-12,14,17H,7,9,13H2,1-4H3. The normalized spacial score (nSPS) is 11.7. The third kappa shape index (κ3) is 5.04. The second kappa shape index (κ2) is 8.79. The van der Waals surface area contributed by atoms with Crippen LogP contribution in [-0.2, 0) is 6.42 Å². The summed E-state index contributed by atoms with van der Waals surface area (Å²) in [5, 5.41) is 18.9. The van der Waals surface area contributed by atoms with E-state index in [-0.39, 0.29) is 0 Å². The minimum Gasteiger partial charge on any atom is -0.457 e. The Kier molecular flexibility index (Phi) is 6.72. The number of hydrogen-bond donors (Lipinski definition) is 0. The van der Waals surface area contributed by atoms with E-state index in [9.17, 15) is 5.26 Å². The van der Waals surface area contributed by atoms with Crippen molar-refractivity contribution in [3.8, 4) is 23.6 Å². The van der Waals surface area contributed by atoms with E-state index in [1.807, 2.05) is 30.3 Å². The van der Waals surface area contributed by atoms with Crippen molar-refractivity contribution in [3.63, 3.8) is 0 Å². The van der Waals surface area contributed by atoms with Crippen LogP contribution in [0.25, 0.3) is 0 Å². The number of ether oxygens (including phenoxy) is 1. The van der Waals surface area contributed by atoms with Crippen molar-refractivity contribution in [2.24, 2.45) is 0 Å². The van der Waals surface area contributed by atoms with Crippen LogP contribution < -0.4 is 4.74 Å². The highest BCUT2D eigenvalue weighted by molar-refractivity contribution is 8.33. The summed E-state index contributed by atoms with van der Waals surface area (Å²) in [6, 6.07) is 17.1. The van der Waals surface area contributed by atoms with E-state index in [0.29, 0.717) is 16.9 Å². The summed E-state index contributed by atoms with van der Waals surface area (Å²) in [6.45, 7) is 4.62. The Labute approximate surface area is 158 Å². The Morgan fingerprint density at radius 1 is 1.00 bits per heavy atom. The fourth-order valence-electron chi connectivity index (χ4n) is 2.58. The molecule has 0 amide bonds. The maximum absolute atomic E-state index is 9.18. The zero-order chi connectivity index (χ0) is 19.2. The molecule has 26 heavy (non-hydrogen) atoms. The third-order valence-electron chi connectivity index (χ3n) is 4.83. The summed E-state index contributed by atoms with van der Waals surface area (Å²) in [4.78, 5) is 0. The van der Waals surface area contributed by atoms with Gasteiger partial charge in [0, 0.05) is 0 Å². The van der Waals surface area contributed by atoms with Crippen molar-refractivity contribution >= 4 is 10.0 Å². The lowest BCUT2D eigenvalue weighted by Gasteiger charge is -2.36. The summed E-state index contributed by atoms with van der Waals surface area (Å²) in [5.74, 6) is 2.65. The Morgan fingerprint density at radius 2 is 1.69 bits per heavy atom. The molecule has 0 aliphatic rings. The van der Waals surface area contributed by atoms with Crippen LogP contribution in [-0.4, -0.2) is 23.5 Å². The molecule has 0 spiro atoms. The molecule has 3 nitrogen and oxygen atoms in total. The van der Waals surface area contributed by atoms with Crippen LogP contribution in [0.15, 0.2) is 42.5 Å². The predicted molar refractivity (Wildman–Crippen MR) is 110 cm³/mol. The zero-order valence-corrected chi connectivity index (χ0v) is 16.8.